The Morgan fingerprint density at radius 3 is 2.55 bits per heavy atom. The summed E-state index contributed by atoms with van der Waals surface area (Å²) in [4.78, 5) is 50.7. The molecule has 23 heteroatoms. The molecule has 2 bridgehead atoms. The monoisotopic (exact) mass is 669 g/mol. The maximum Gasteiger partial charge on any atom is 0.330 e. The Kier molecular flexibility index (Phi) is 7.89. The van der Waals surface area contributed by atoms with Crippen LogP contribution >= 0.6 is 13.5 Å². The van der Waals surface area contributed by atoms with Gasteiger partial charge in [0, 0.05) is 12.3 Å². The van der Waals surface area contributed by atoms with E-state index in [2.05, 4.69) is 15.0 Å². The second kappa shape index (κ2) is 11.1. The van der Waals surface area contributed by atoms with Crippen LogP contribution in [0.3, 0.4) is 0 Å². The predicted octanol–water partition coefficient (Wildman–Crippen LogP) is -0.513. The molecule has 228 valence electrons. The highest BCUT2D eigenvalue weighted by atomic mass is 32.7. The van der Waals surface area contributed by atoms with Gasteiger partial charge in [-0.25, -0.2) is 28.5 Å². The van der Waals surface area contributed by atoms with E-state index >= 15 is 8.78 Å². The molecule has 17 nitrogen and oxygen atoms in total. The minimum Gasteiger partial charge on any atom is -0.780 e. The highest BCUT2D eigenvalue weighted by Crippen LogP contribution is 2.54. The van der Waals surface area contributed by atoms with Gasteiger partial charge in [0.05, 0.1) is 19.5 Å². The van der Waals surface area contributed by atoms with Crippen LogP contribution in [0.15, 0.2) is 34.5 Å². The molecule has 3 fully saturated rings. The molecule has 0 aliphatic carbocycles. The van der Waals surface area contributed by atoms with Crippen molar-refractivity contribution in [3.8, 4) is 0 Å². The topological polar surface area (TPSA) is 220 Å². The summed E-state index contributed by atoms with van der Waals surface area (Å²) in [7, 11) is 0. The standard InChI is InChI=1S/C19H21F2N7O10P2S2/c20-10-7-3-33-39(31,41)37-13-8(36-17(11(13)21)27-2-1-9(29)26-19(27)30)4-34-40(32,42)38-14(10)18(35-7)28-6-25-12-15(22)23-5-24-16(12)28/h1-2,5-8,10-11,13-14,17-18H,3-4H2,(H,31,41)(H,32,42)(H2,22,23,24)(H,26,29,30)/p-2/t7-,8-,10-,11-,13-,14-,17-,18-,39?,40?/m1/s1. The van der Waals surface area contributed by atoms with Gasteiger partial charge in [-0.2, -0.15) is 0 Å². The van der Waals surface area contributed by atoms with Crippen molar-refractivity contribution in [3.05, 3.63) is 45.8 Å². The number of anilines is 1. The second-order valence-electron chi connectivity index (χ2n) is 9.25. The number of fused-ring (bicyclic) bond motifs is 4. The van der Waals surface area contributed by atoms with E-state index in [9.17, 15) is 19.0 Å². The van der Waals surface area contributed by atoms with Gasteiger partial charge >= 0.3 is 5.69 Å². The molecule has 6 rings (SSSR count). The fourth-order valence-corrected chi connectivity index (χ4v) is 7.53. The van der Waals surface area contributed by atoms with Crippen molar-refractivity contribution in [2.45, 2.75) is 49.2 Å². The number of rotatable bonds is 2. The largest absolute Gasteiger partial charge is 0.780 e. The molecule has 0 amide bonds. The van der Waals surface area contributed by atoms with E-state index < -0.39 is 87.2 Å². The lowest BCUT2D eigenvalue weighted by Gasteiger charge is -2.34. The quantitative estimate of drug-likeness (QED) is 0.259. The average Bonchev–Trinajstić information content (AvgIpc) is 3.57. The summed E-state index contributed by atoms with van der Waals surface area (Å²) < 4.78 is 78.9. The molecule has 0 radical (unpaired) electrons. The predicted molar refractivity (Wildman–Crippen MR) is 140 cm³/mol. The van der Waals surface area contributed by atoms with Gasteiger partial charge in [0.1, 0.15) is 43.0 Å². The molecule has 6 heterocycles. The van der Waals surface area contributed by atoms with Gasteiger partial charge in [-0.3, -0.25) is 23.5 Å². The van der Waals surface area contributed by atoms with E-state index in [4.69, 9.17) is 57.4 Å². The van der Waals surface area contributed by atoms with Crippen molar-refractivity contribution in [2.24, 2.45) is 0 Å². The molecule has 3 aromatic rings. The number of aromatic nitrogens is 6. The number of ether oxygens (including phenoxy) is 2. The van der Waals surface area contributed by atoms with Crippen LogP contribution in [0.25, 0.3) is 11.2 Å². The van der Waals surface area contributed by atoms with Gasteiger partial charge in [-0.05, 0) is 0 Å². The van der Waals surface area contributed by atoms with Crippen LogP contribution in [0.4, 0.5) is 14.6 Å². The first-order valence-electron chi connectivity index (χ1n) is 11.9. The van der Waals surface area contributed by atoms with Crippen molar-refractivity contribution in [1.82, 2.24) is 29.1 Å². The van der Waals surface area contributed by atoms with Crippen molar-refractivity contribution >= 4 is 54.6 Å². The van der Waals surface area contributed by atoms with Crippen LogP contribution in [0, 0.1) is 0 Å². The van der Waals surface area contributed by atoms with Crippen LogP contribution in [0.2, 0.25) is 0 Å². The number of nitrogens with two attached hydrogens (primary N) is 1. The summed E-state index contributed by atoms with van der Waals surface area (Å²) in [6.45, 7) is -10.8. The number of nitrogens with one attached hydrogen (secondary N) is 1. The molecule has 0 spiro atoms. The molecule has 3 saturated heterocycles. The smallest absolute Gasteiger partial charge is 0.330 e. The fraction of sp³-hybridized carbons (Fsp3) is 0.526. The summed E-state index contributed by atoms with van der Waals surface area (Å²) in [5.74, 6) is 0.0224. The number of nitrogens with zero attached hydrogens (tertiary/aromatic N) is 5. The van der Waals surface area contributed by atoms with Gasteiger partial charge in [0.25, 0.3) is 5.56 Å². The fourth-order valence-electron chi connectivity index (χ4n) is 4.72. The zero-order valence-corrected chi connectivity index (χ0v) is 24.1. The lowest BCUT2D eigenvalue weighted by atomic mass is 10.1. The number of imidazole rings is 1. The minimum absolute atomic E-state index is 0.0224. The van der Waals surface area contributed by atoms with Crippen molar-refractivity contribution in [3.63, 3.8) is 0 Å². The average molecular weight is 669 g/mol. The molecule has 2 unspecified atom stereocenters. The number of hydrogen-bond acceptors (Lipinski definition) is 16. The van der Waals surface area contributed by atoms with Crippen LogP contribution in [-0.2, 0) is 56.2 Å². The first-order valence-corrected chi connectivity index (χ1v) is 17.1. The Hall–Kier alpha value is -2.16. The molecule has 3 aromatic heterocycles. The first-order chi connectivity index (χ1) is 19.8. The number of hydrogen-bond donors (Lipinski definition) is 2. The molecular formula is C19H19F2N7O10P2S2-2. The van der Waals surface area contributed by atoms with E-state index in [1.165, 1.54) is 10.9 Å². The van der Waals surface area contributed by atoms with E-state index in [0.29, 0.717) is 4.57 Å². The van der Waals surface area contributed by atoms with Crippen LogP contribution in [0.1, 0.15) is 12.5 Å². The van der Waals surface area contributed by atoms with E-state index in [-0.39, 0.29) is 17.0 Å². The Labute approximate surface area is 243 Å². The molecule has 42 heavy (non-hydrogen) atoms. The van der Waals surface area contributed by atoms with Crippen molar-refractivity contribution in [2.75, 3.05) is 18.9 Å². The summed E-state index contributed by atoms with van der Waals surface area (Å²) in [6.07, 6.45) is -10.7. The summed E-state index contributed by atoms with van der Waals surface area (Å²) in [6, 6.07) is 0.943. The normalized spacial score (nSPS) is 39.3. The van der Waals surface area contributed by atoms with E-state index in [1.807, 2.05) is 4.98 Å². The Bertz CT molecular complexity index is 1730. The molecule has 10 atom stereocenters. The number of alkyl halides is 2. The molecule has 3 aliphatic rings. The zero-order valence-electron chi connectivity index (χ0n) is 20.7. The highest BCUT2D eigenvalue weighted by molar-refractivity contribution is 8.32. The van der Waals surface area contributed by atoms with Gasteiger partial charge in [0.2, 0.25) is 6.80 Å². The van der Waals surface area contributed by atoms with Gasteiger partial charge in [0.15, 0.2) is 36.3 Å². The minimum atomic E-state index is -4.59. The van der Waals surface area contributed by atoms with Gasteiger partial charge < -0.3 is 50.4 Å². The van der Waals surface area contributed by atoms with Crippen LogP contribution in [0.5, 0.6) is 0 Å². The Balaban J connectivity index is 1.32. The van der Waals surface area contributed by atoms with Crippen LogP contribution in [-0.4, -0.2) is 79.0 Å². The molecule has 3 aliphatic heterocycles. The van der Waals surface area contributed by atoms with Crippen LogP contribution < -0.4 is 21.9 Å². The molecule has 0 aromatic carbocycles. The van der Waals surface area contributed by atoms with Gasteiger partial charge in [-0.1, -0.05) is 11.8 Å². The number of aromatic amines is 1. The molecular weight excluding hydrogens is 650 g/mol. The van der Waals surface area contributed by atoms with Gasteiger partial charge in [-0.15, -0.1) is 0 Å². The summed E-state index contributed by atoms with van der Waals surface area (Å²) >= 11 is 9.91. The maximum atomic E-state index is 15.7. The van der Waals surface area contributed by atoms with E-state index in [1.54, 1.807) is 0 Å². The SMILES string of the molecule is Nc1ncnc2c1ncn2[C@@H]1O[C@@H]2COP([O-])(=S)O[C@H]3[C@@H](F)[C@H](n4ccc(=O)[nH]c4=O)O[C@@H]3COP(=O)([S-])O[C@@H]1[C@@H]2F. The Morgan fingerprint density at radius 1 is 1.05 bits per heavy atom. The second-order valence-corrected chi connectivity index (χ2v) is 14.7. The third-order valence-corrected chi connectivity index (χ3v) is 9.70. The lowest BCUT2D eigenvalue weighted by molar-refractivity contribution is -0.216. The third kappa shape index (κ3) is 5.59. The number of halogens is 2. The zero-order chi connectivity index (χ0) is 30.0. The Morgan fingerprint density at radius 2 is 1.79 bits per heavy atom. The highest BCUT2D eigenvalue weighted by Gasteiger charge is 2.52. The van der Waals surface area contributed by atoms with Crippen molar-refractivity contribution < 1.29 is 45.8 Å². The number of H-pyrrole nitrogens is 1. The number of nitrogen functional groups attached to an aromatic ring is 1. The van der Waals surface area contributed by atoms with Crippen molar-refractivity contribution in [1.29, 1.82) is 0 Å². The molecule has 3 N–H and O–H groups in total. The maximum absolute atomic E-state index is 15.7. The van der Waals surface area contributed by atoms with E-state index in [0.717, 1.165) is 18.6 Å². The lowest BCUT2D eigenvalue weighted by Crippen LogP contribution is -2.37. The summed E-state index contributed by atoms with van der Waals surface area (Å²) in [5, 5.41) is 0. The first kappa shape index (κ1) is 29.9. The summed E-state index contributed by atoms with van der Waals surface area (Å²) in [5.41, 5.74) is 4.33. The third-order valence-electron chi connectivity index (χ3n) is 6.61. The molecule has 0 saturated carbocycles.